The number of piperidine rings is 1. The first kappa shape index (κ1) is 18.0. The van der Waals surface area contributed by atoms with Crippen molar-refractivity contribution in [3.63, 3.8) is 0 Å². The highest BCUT2D eigenvalue weighted by molar-refractivity contribution is 5.10. The van der Waals surface area contributed by atoms with Crippen LogP contribution in [0.5, 0.6) is 0 Å². The lowest BCUT2D eigenvalue weighted by Gasteiger charge is -2.37. The normalized spacial score (nSPS) is 16.7. The second-order valence-corrected chi connectivity index (χ2v) is 7.36. The Balaban J connectivity index is 1.77. The number of pyridine rings is 1. The summed E-state index contributed by atoms with van der Waals surface area (Å²) < 4.78 is 0. The number of hydrogen-bond donors (Lipinski definition) is 0. The summed E-state index contributed by atoms with van der Waals surface area (Å²) in [7, 11) is 2.21. The molecule has 3 heterocycles. The first-order valence-electron chi connectivity index (χ1n) is 9.25. The summed E-state index contributed by atoms with van der Waals surface area (Å²) in [4.78, 5) is 18.5. The number of hydrogen-bond acceptors (Lipinski definition) is 5. The number of aromatic nitrogens is 3. The molecule has 1 aliphatic rings. The van der Waals surface area contributed by atoms with Gasteiger partial charge in [-0.3, -0.25) is 9.88 Å². The zero-order valence-electron chi connectivity index (χ0n) is 15.6. The van der Waals surface area contributed by atoms with Gasteiger partial charge in [0, 0.05) is 43.6 Å². The standard InChI is InChI=1S/C20H29N5/c1-16(2)20-22-10-6-18(23-20)15-25(14-17-5-4-9-21-13-17)19-7-11-24(3)12-8-19/h4-6,9-10,13,16,19H,7-8,11-12,14-15H2,1-3H3. The van der Waals surface area contributed by atoms with Crippen LogP contribution in [0.4, 0.5) is 0 Å². The fourth-order valence-electron chi connectivity index (χ4n) is 3.39. The second-order valence-electron chi connectivity index (χ2n) is 7.36. The molecule has 5 nitrogen and oxygen atoms in total. The highest BCUT2D eigenvalue weighted by atomic mass is 15.2. The van der Waals surface area contributed by atoms with E-state index in [1.165, 1.54) is 18.4 Å². The lowest BCUT2D eigenvalue weighted by atomic mass is 10.0. The molecule has 0 unspecified atom stereocenters. The van der Waals surface area contributed by atoms with Crippen LogP contribution >= 0.6 is 0 Å². The summed E-state index contributed by atoms with van der Waals surface area (Å²) >= 11 is 0. The van der Waals surface area contributed by atoms with Crippen molar-refractivity contribution in [2.24, 2.45) is 0 Å². The first-order chi connectivity index (χ1) is 12.1. The van der Waals surface area contributed by atoms with Crippen LogP contribution in [0.25, 0.3) is 0 Å². The molecule has 0 saturated carbocycles. The average molecular weight is 339 g/mol. The van der Waals surface area contributed by atoms with Crippen LogP contribution in [0, 0.1) is 0 Å². The first-order valence-corrected chi connectivity index (χ1v) is 9.25. The summed E-state index contributed by atoms with van der Waals surface area (Å²) in [5.41, 5.74) is 2.38. The lowest BCUT2D eigenvalue weighted by molar-refractivity contribution is 0.106. The smallest absolute Gasteiger partial charge is 0.131 e. The third-order valence-corrected chi connectivity index (χ3v) is 4.93. The van der Waals surface area contributed by atoms with Crippen LogP contribution < -0.4 is 0 Å². The maximum absolute atomic E-state index is 4.78. The van der Waals surface area contributed by atoms with Crippen molar-refractivity contribution in [1.82, 2.24) is 24.8 Å². The summed E-state index contributed by atoms with van der Waals surface area (Å²) in [6.45, 7) is 8.40. The molecular weight excluding hydrogens is 310 g/mol. The molecule has 0 radical (unpaired) electrons. The van der Waals surface area contributed by atoms with Crippen LogP contribution in [0.15, 0.2) is 36.8 Å². The van der Waals surface area contributed by atoms with Crippen molar-refractivity contribution < 1.29 is 0 Å². The fraction of sp³-hybridized carbons (Fsp3) is 0.550. The van der Waals surface area contributed by atoms with E-state index in [0.29, 0.717) is 12.0 Å². The van der Waals surface area contributed by atoms with Crippen molar-refractivity contribution in [1.29, 1.82) is 0 Å². The minimum absolute atomic E-state index is 0.357. The largest absolute Gasteiger partial charge is 0.306 e. The Morgan fingerprint density at radius 3 is 2.64 bits per heavy atom. The average Bonchev–Trinajstić information content (AvgIpc) is 2.63. The molecule has 2 aromatic rings. The highest BCUT2D eigenvalue weighted by Gasteiger charge is 2.24. The van der Waals surface area contributed by atoms with Gasteiger partial charge in [0.2, 0.25) is 0 Å². The second kappa shape index (κ2) is 8.50. The third-order valence-electron chi connectivity index (χ3n) is 4.93. The summed E-state index contributed by atoms with van der Waals surface area (Å²) in [6, 6.07) is 6.82. The van der Waals surface area contributed by atoms with Gasteiger partial charge in [-0.2, -0.15) is 0 Å². The van der Waals surface area contributed by atoms with E-state index in [1.807, 2.05) is 24.7 Å². The topological polar surface area (TPSA) is 45.2 Å². The maximum Gasteiger partial charge on any atom is 0.131 e. The fourth-order valence-corrected chi connectivity index (χ4v) is 3.39. The molecule has 0 aromatic carbocycles. The molecule has 25 heavy (non-hydrogen) atoms. The van der Waals surface area contributed by atoms with Crippen LogP contribution in [-0.2, 0) is 13.1 Å². The number of likely N-dealkylation sites (tertiary alicyclic amines) is 1. The molecular formula is C20H29N5. The van der Waals surface area contributed by atoms with E-state index in [-0.39, 0.29) is 0 Å². The van der Waals surface area contributed by atoms with E-state index >= 15 is 0 Å². The molecule has 0 amide bonds. The van der Waals surface area contributed by atoms with Crippen LogP contribution in [0.3, 0.4) is 0 Å². The van der Waals surface area contributed by atoms with Crippen molar-refractivity contribution in [2.45, 2.75) is 51.7 Å². The van der Waals surface area contributed by atoms with Gasteiger partial charge in [-0.25, -0.2) is 9.97 Å². The van der Waals surface area contributed by atoms with Gasteiger partial charge in [-0.15, -0.1) is 0 Å². The number of nitrogens with zero attached hydrogens (tertiary/aromatic N) is 5. The van der Waals surface area contributed by atoms with Crippen molar-refractivity contribution in [3.8, 4) is 0 Å². The van der Waals surface area contributed by atoms with E-state index < -0.39 is 0 Å². The van der Waals surface area contributed by atoms with Gasteiger partial charge in [0.15, 0.2) is 0 Å². The zero-order valence-corrected chi connectivity index (χ0v) is 15.6. The predicted molar refractivity (Wildman–Crippen MR) is 100 cm³/mol. The van der Waals surface area contributed by atoms with E-state index in [9.17, 15) is 0 Å². The van der Waals surface area contributed by atoms with Crippen LogP contribution in [0.2, 0.25) is 0 Å². The van der Waals surface area contributed by atoms with Crippen molar-refractivity contribution in [3.05, 3.63) is 53.9 Å². The molecule has 0 aliphatic carbocycles. The van der Waals surface area contributed by atoms with Gasteiger partial charge < -0.3 is 4.90 Å². The molecule has 1 saturated heterocycles. The molecule has 5 heteroatoms. The Bertz CT molecular complexity index is 650. The molecule has 0 bridgehead atoms. The van der Waals surface area contributed by atoms with Gasteiger partial charge in [0.05, 0.1) is 5.69 Å². The molecule has 0 atom stereocenters. The highest BCUT2D eigenvalue weighted by Crippen LogP contribution is 2.20. The Morgan fingerprint density at radius 1 is 1.16 bits per heavy atom. The maximum atomic E-state index is 4.78. The molecule has 3 rings (SSSR count). The quantitative estimate of drug-likeness (QED) is 0.809. The lowest BCUT2D eigenvalue weighted by Crippen LogP contribution is -2.43. The van der Waals surface area contributed by atoms with Crippen LogP contribution in [-0.4, -0.2) is 50.9 Å². The summed E-state index contributed by atoms with van der Waals surface area (Å²) in [6.07, 6.45) is 8.12. The molecule has 134 valence electrons. The Morgan fingerprint density at radius 2 is 1.96 bits per heavy atom. The SMILES string of the molecule is CC(C)c1nccc(CN(Cc2cccnc2)C2CCN(C)CC2)n1. The predicted octanol–water partition coefficient (Wildman–Crippen LogP) is 3.09. The van der Waals surface area contributed by atoms with Gasteiger partial charge in [-0.05, 0) is 50.7 Å². The van der Waals surface area contributed by atoms with Gasteiger partial charge in [-0.1, -0.05) is 19.9 Å². The molecule has 1 aliphatic heterocycles. The van der Waals surface area contributed by atoms with E-state index in [2.05, 4.69) is 52.8 Å². The van der Waals surface area contributed by atoms with Crippen molar-refractivity contribution in [2.75, 3.05) is 20.1 Å². The van der Waals surface area contributed by atoms with Crippen molar-refractivity contribution >= 4 is 0 Å². The Hall–Kier alpha value is -1.85. The van der Waals surface area contributed by atoms with E-state index in [4.69, 9.17) is 4.98 Å². The third kappa shape index (κ3) is 5.06. The molecule has 1 fully saturated rings. The summed E-state index contributed by atoms with van der Waals surface area (Å²) in [5, 5.41) is 0. The molecule has 0 spiro atoms. The molecule has 0 N–H and O–H groups in total. The number of rotatable bonds is 6. The van der Waals surface area contributed by atoms with E-state index in [1.54, 1.807) is 0 Å². The van der Waals surface area contributed by atoms with Gasteiger partial charge in [0.25, 0.3) is 0 Å². The zero-order chi connectivity index (χ0) is 17.6. The minimum Gasteiger partial charge on any atom is -0.306 e. The van der Waals surface area contributed by atoms with Gasteiger partial charge in [0.1, 0.15) is 5.82 Å². The van der Waals surface area contributed by atoms with Crippen LogP contribution in [0.1, 0.15) is 49.7 Å². The Kier molecular flexibility index (Phi) is 6.10. The Labute approximate surface area is 151 Å². The minimum atomic E-state index is 0.357. The monoisotopic (exact) mass is 339 g/mol. The summed E-state index contributed by atoms with van der Waals surface area (Å²) in [5.74, 6) is 1.29. The van der Waals surface area contributed by atoms with Gasteiger partial charge >= 0.3 is 0 Å². The molecule has 2 aromatic heterocycles. The van der Waals surface area contributed by atoms with E-state index in [0.717, 1.165) is 37.7 Å².